The molecule has 2 aliphatic rings. The van der Waals surface area contributed by atoms with Crippen molar-refractivity contribution in [3.05, 3.63) is 58.7 Å². The van der Waals surface area contributed by atoms with Crippen LogP contribution < -0.4 is 5.32 Å². The van der Waals surface area contributed by atoms with Gasteiger partial charge < -0.3 is 15.5 Å². The fourth-order valence-electron chi connectivity index (χ4n) is 5.30. The van der Waals surface area contributed by atoms with Crippen LogP contribution in [-0.2, 0) is 12.8 Å². The van der Waals surface area contributed by atoms with Crippen LogP contribution in [0.4, 0.5) is 11.4 Å². The maximum Gasteiger partial charge on any atom is 0.0709 e. The first-order valence-electron chi connectivity index (χ1n) is 12.9. The van der Waals surface area contributed by atoms with E-state index in [-0.39, 0.29) is 12.7 Å². The third-order valence-corrected chi connectivity index (χ3v) is 7.33. The van der Waals surface area contributed by atoms with Crippen molar-refractivity contribution in [2.24, 2.45) is 16.1 Å². The summed E-state index contributed by atoms with van der Waals surface area (Å²) < 4.78 is 0. The number of benzene rings is 2. The lowest BCUT2D eigenvalue weighted by atomic mass is 9.91. The van der Waals surface area contributed by atoms with Crippen LogP contribution in [0.15, 0.2) is 46.6 Å². The molecule has 2 aromatic carbocycles. The van der Waals surface area contributed by atoms with Crippen LogP contribution in [0.5, 0.6) is 0 Å². The van der Waals surface area contributed by atoms with Gasteiger partial charge in [0.1, 0.15) is 0 Å². The van der Waals surface area contributed by atoms with Crippen molar-refractivity contribution in [1.82, 2.24) is 0 Å². The Morgan fingerprint density at radius 2 is 1.94 bits per heavy atom. The summed E-state index contributed by atoms with van der Waals surface area (Å²) in [6, 6.07) is 13.2. The largest absolute Gasteiger partial charge is 0.396 e. The Hall–Kier alpha value is -2.50. The van der Waals surface area contributed by atoms with Crippen LogP contribution in [-0.4, -0.2) is 34.3 Å². The lowest BCUT2D eigenvalue weighted by Crippen LogP contribution is -2.11. The fourth-order valence-corrected chi connectivity index (χ4v) is 5.30. The van der Waals surface area contributed by atoms with E-state index in [0.717, 1.165) is 62.1 Å². The summed E-state index contributed by atoms with van der Waals surface area (Å²) in [6.07, 6.45) is 9.64. The minimum absolute atomic E-state index is 0.0674. The molecule has 2 atom stereocenters. The van der Waals surface area contributed by atoms with E-state index in [1.807, 2.05) is 6.92 Å². The molecule has 0 saturated carbocycles. The minimum atomic E-state index is -0.367. The maximum atomic E-state index is 9.92. The van der Waals surface area contributed by atoms with Gasteiger partial charge in [-0.3, -0.25) is 0 Å². The number of nitrogens with one attached hydrogen (secondary N) is 1. The first kappa shape index (κ1) is 24.6. The van der Waals surface area contributed by atoms with Crippen molar-refractivity contribution >= 4 is 22.8 Å². The zero-order chi connectivity index (χ0) is 23.9. The number of aryl methyl sites for hydroxylation is 1. The molecule has 5 nitrogen and oxygen atoms in total. The van der Waals surface area contributed by atoms with Crippen LogP contribution >= 0.6 is 0 Å². The van der Waals surface area contributed by atoms with Crippen molar-refractivity contribution in [1.29, 1.82) is 0 Å². The van der Waals surface area contributed by atoms with Crippen molar-refractivity contribution < 1.29 is 10.2 Å². The Balaban J connectivity index is 1.46. The summed E-state index contributed by atoms with van der Waals surface area (Å²) in [5, 5.41) is 31.4. The molecule has 3 N–H and O–H groups in total. The highest BCUT2D eigenvalue weighted by Crippen LogP contribution is 2.34. The normalized spacial score (nSPS) is 19.0. The summed E-state index contributed by atoms with van der Waals surface area (Å²) in [5.74, 6) is 0.664. The second kappa shape index (κ2) is 11.8. The van der Waals surface area contributed by atoms with E-state index in [0.29, 0.717) is 12.3 Å². The Morgan fingerprint density at radius 1 is 1.06 bits per heavy atom. The summed E-state index contributed by atoms with van der Waals surface area (Å²) in [6.45, 7) is 4.25. The van der Waals surface area contributed by atoms with Gasteiger partial charge in [-0.05, 0) is 106 Å². The Kier molecular flexibility index (Phi) is 8.52. The van der Waals surface area contributed by atoms with Gasteiger partial charge in [0.25, 0.3) is 0 Å². The second-order valence-corrected chi connectivity index (χ2v) is 10.0. The maximum absolute atomic E-state index is 9.92. The number of hydrogen-bond donors (Lipinski definition) is 3. The molecular weight excluding hydrogens is 422 g/mol. The molecule has 5 heteroatoms. The van der Waals surface area contributed by atoms with Crippen LogP contribution in [0.2, 0.25) is 0 Å². The molecule has 1 aliphatic heterocycles. The molecule has 0 radical (unpaired) electrons. The van der Waals surface area contributed by atoms with Gasteiger partial charge in [-0.2, -0.15) is 10.2 Å². The fraction of sp³-hybridized carbons (Fsp3) is 0.517. The quantitative estimate of drug-likeness (QED) is 0.395. The van der Waals surface area contributed by atoms with E-state index in [4.69, 9.17) is 5.11 Å². The van der Waals surface area contributed by atoms with Gasteiger partial charge in [0.15, 0.2) is 0 Å². The highest BCUT2D eigenvalue weighted by atomic mass is 16.3. The van der Waals surface area contributed by atoms with Crippen molar-refractivity contribution in [2.45, 2.75) is 84.2 Å². The molecule has 1 heterocycles. The summed E-state index contributed by atoms with van der Waals surface area (Å²) >= 11 is 0. The molecule has 2 aromatic rings. The molecule has 1 aliphatic carbocycles. The standard InChI is InChI=1S/C29H39N3O2/c1-20-12-14-24(19-27(20)29-15-13-21(2)31-32-29)30-28-11-5-8-23-18-22(7-4-10-26(23)28)6-3-9-25(34)16-17-33/h5,8,11-12,14,19,22,25,30,33-34H,3-4,6-7,9-10,13,15-18H2,1-2H3. The average Bonchev–Trinajstić information content (AvgIpc) is 3.04. The number of aliphatic hydroxyl groups excluding tert-OH is 2. The third kappa shape index (κ3) is 6.34. The van der Waals surface area contributed by atoms with E-state index in [1.165, 1.54) is 40.8 Å². The van der Waals surface area contributed by atoms with Gasteiger partial charge in [0, 0.05) is 29.3 Å². The lowest BCUT2D eigenvalue weighted by Gasteiger charge is -2.18. The van der Waals surface area contributed by atoms with E-state index >= 15 is 0 Å². The van der Waals surface area contributed by atoms with Crippen LogP contribution in [0.1, 0.15) is 80.5 Å². The molecule has 0 aromatic heterocycles. The van der Waals surface area contributed by atoms with Gasteiger partial charge in [0.2, 0.25) is 0 Å². The summed E-state index contributed by atoms with van der Waals surface area (Å²) in [5.41, 5.74) is 9.81. The highest BCUT2D eigenvalue weighted by Gasteiger charge is 2.20. The monoisotopic (exact) mass is 461 g/mol. The number of aliphatic hydroxyl groups is 2. The van der Waals surface area contributed by atoms with Crippen LogP contribution in [0, 0.1) is 12.8 Å². The predicted molar refractivity (Wildman–Crippen MR) is 141 cm³/mol. The number of nitrogens with zero attached hydrogens (tertiary/aromatic N) is 2. The smallest absolute Gasteiger partial charge is 0.0709 e. The highest BCUT2D eigenvalue weighted by molar-refractivity contribution is 6.05. The lowest BCUT2D eigenvalue weighted by molar-refractivity contribution is 0.121. The van der Waals surface area contributed by atoms with Gasteiger partial charge in [-0.15, -0.1) is 0 Å². The first-order valence-corrected chi connectivity index (χ1v) is 12.9. The van der Waals surface area contributed by atoms with Crippen molar-refractivity contribution in [3.63, 3.8) is 0 Å². The molecule has 0 spiro atoms. The zero-order valence-electron chi connectivity index (χ0n) is 20.7. The van der Waals surface area contributed by atoms with Gasteiger partial charge >= 0.3 is 0 Å². The molecule has 0 fully saturated rings. The SMILES string of the molecule is CC1=NN=C(c2cc(Nc3cccc4c3CCCC(CCCC(O)CCO)C4)ccc2C)CC1. The second-order valence-electron chi connectivity index (χ2n) is 10.0. The van der Waals surface area contributed by atoms with Gasteiger partial charge in [-0.25, -0.2) is 0 Å². The summed E-state index contributed by atoms with van der Waals surface area (Å²) in [4.78, 5) is 0. The molecule has 4 rings (SSSR count). The first-order chi connectivity index (χ1) is 16.5. The summed E-state index contributed by atoms with van der Waals surface area (Å²) in [7, 11) is 0. The Bertz CT molecular complexity index is 1040. The van der Waals surface area contributed by atoms with Gasteiger partial charge in [0.05, 0.1) is 11.8 Å². The molecule has 0 amide bonds. The van der Waals surface area contributed by atoms with Crippen LogP contribution in [0.3, 0.4) is 0 Å². The van der Waals surface area contributed by atoms with Crippen molar-refractivity contribution in [2.75, 3.05) is 11.9 Å². The number of anilines is 2. The van der Waals surface area contributed by atoms with E-state index in [1.54, 1.807) is 0 Å². The average molecular weight is 462 g/mol. The number of fused-ring (bicyclic) bond motifs is 1. The van der Waals surface area contributed by atoms with E-state index in [2.05, 4.69) is 58.8 Å². The number of rotatable bonds is 9. The molecule has 182 valence electrons. The Morgan fingerprint density at radius 3 is 2.74 bits per heavy atom. The molecule has 0 saturated heterocycles. The topological polar surface area (TPSA) is 77.2 Å². The van der Waals surface area contributed by atoms with Gasteiger partial charge in [-0.1, -0.05) is 31.0 Å². The van der Waals surface area contributed by atoms with E-state index in [9.17, 15) is 5.11 Å². The molecule has 34 heavy (non-hydrogen) atoms. The zero-order valence-corrected chi connectivity index (χ0v) is 20.7. The van der Waals surface area contributed by atoms with E-state index < -0.39 is 0 Å². The minimum Gasteiger partial charge on any atom is -0.396 e. The molecular formula is C29H39N3O2. The van der Waals surface area contributed by atoms with Crippen LogP contribution in [0.25, 0.3) is 0 Å². The third-order valence-electron chi connectivity index (χ3n) is 7.33. The molecule has 2 unspecified atom stereocenters. The Labute approximate surface area is 204 Å². The number of hydrogen-bond acceptors (Lipinski definition) is 5. The van der Waals surface area contributed by atoms with Crippen molar-refractivity contribution in [3.8, 4) is 0 Å². The predicted octanol–water partition coefficient (Wildman–Crippen LogP) is 6.11. The molecule has 0 bridgehead atoms.